The predicted octanol–water partition coefficient (Wildman–Crippen LogP) is 2.73. The summed E-state index contributed by atoms with van der Waals surface area (Å²) in [5.41, 5.74) is 0.341. The molecule has 1 spiro atoms. The topological polar surface area (TPSA) is 21.3 Å². The Morgan fingerprint density at radius 2 is 2.20 bits per heavy atom. The van der Waals surface area contributed by atoms with E-state index in [1.165, 1.54) is 58.0 Å². The maximum absolute atomic E-state index is 5.94. The van der Waals surface area contributed by atoms with Crippen molar-refractivity contribution in [1.82, 2.24) is 5.32 Å². The van der Waals surface area contributed by atoms with Crippen molar-refractivity contribution in [3.05, 3.63) is 0 Å². The second-order valence-corrected chi connectivity index (χ2v) is 5.28. The molecule has 15 heavy (non-hydrogen) atoms. The maximum Gasteiger partial charge on any atom is 0.0685 e. The van der Waals surface area contributed by atoms with E-state index in [4.69, 9.17) is 4.74 Å². The minimum absolute atomic E-state index is 0.341. The largest absolute Gasteiger partial charge is 0.375 e. The summed E-state index contributed by atoms with van der Waals surface area (Å²) in [5.74, 6) is 0.920. The van der Waals surface area contributed by atoms with E-state index in [0.29, 0.717) is 5.60 Å². The highest BCUT2D eigenvalue weighted by Gasteiger charge is 2.42. The normalized spacial score (nSPS) is 29.0. The molecule has 1 aliphatic heterocycles. The number of ether oxygens (including phenoxy) is 1. The lowest BCUT2D eigenvalue weighted by atomic mass is 9.71. The molecule has 1 N–H and O–H groups in total. The standard InChI is InChI=1S/C13H25NO/c1-2-8-14-9-4-12-5-10-15-13(11-12)6-3-7-13/h12,14H,2-11H2,1H3. The number of rotatable bonds is 5. The average Bonchev–Trinajstić information content (AvgIpc) is 2.23. The molecular weight excluding hydrogens is 186 g/mol. The Labute approximate surface area is 93.8 Å². The molecule has 2 fully saturated rings. The van der Waals surface area contributed by atoms with Gasteiger partial charge in [-0.05, 0) is 64.0 Å². The molecule has 1 aliphatic carbocycles. The van der Waals surface area contributed by atoms with Gasteiger partial charge in [-0.15, -0.1) is 0 Å². The highest BCUT2D eigenvalue weighted by Crippen LogP contribution is 2.44. The third-order valence-electron chi connectivity index (χ3n) is 4.02. The summed E-state index contributed by atoms with van der Waals surface area (Å²) >= 11 is 0. The zero-order chi connectivity index (χ0) is 10.6. The fourth-order valence-electron chi connectivity index (χ4n) is 2.90. The number of nitrogens with one attached hydrogen (secondary N) is 1. The Bertz CT molecular complexity index is 189. The van der Waals surface area contributed by atoms with Crippen molar-refractivity contribution in [1.29, 1.82) is 0 Å². The molecule has 0 aromatic carbocycles. The van der Waals surface area contributed by atoms with E-state index in [9.17, 15) is 0 Å². The molecule has 0 amide bonds. The maximum atomic E-state index is 5.94. The van der Waals surface area contributed by atoms with Gasteiger partial charge < -0.3 is 10.1 Å². The van der Waals surface area contributed by atoms with Crippen LogP contribution in [0.2, 0.25) is 0 Å². The minimum atomic E-state index is 0.341. The van der Waals surface area contributed by atoms with Crippen LogP contribution in [-0.4, -0.2) is 25.3 Å². The van der Waals surface area contributed by atoms with Crippen molar-refractivity contribution in [2.45, 2.75) is 57.5 Å². The zero-order valence-electron chi connectivity index (χ0n) is 10.1. The van der Waals surface area contributed by atoms with Crippen LogP contribution in [0, 0.1) is 5.92 Å². The minimum Gasteiger partial charge on any atom is -0.375 e. The average molecular weight is 211 g/mol. The van der Waals surface area contributed by atoms with Gasteiger partial charge in [-0.1, -0.05) is 6.92 Å². The smallest absolute Gasteiger partial charge is 0.0685 e. The van der Waals surface area contributed by atoms with E-state index in [0.717, 1.165) is 12.5 Å². The third-order valence-corrected chi connectivity index (χ3v) is 4.02. The van der Waals surface area contributed by atoms with Gasteiger partial charge in [0.05, 0.1) is 5.60 Å². The van der Waals surface area contributed by atoms with Crippen LogP contribution in [0.3, 0.4) is 0 Å². The monoisotopic (exact) mass is 211 g/mol. The molecule has 0 radical (unpaired) electrons. The van der Waals surface area contributed by atoms with Crippen molar-refractivity contribution < 1.29 is 4.74 Å². The van der Waals surface area contributed by atoms with Gasteiger partial charge in [-0.2, -0.15) is 0 Å². The van der Waals surface area contributed by atoms with Gasteiger partial charge in [0.25, 0.3) is 0 Å². The van der Waals surface area contributed by atoms with Crippen molar-refractivity contribution in [2.75, 3.05) is 19.7 Å². The second-order valence-electron chi connectivity index (χ2n) is 5.28. The van der Waals surface area contributed by atoms with Crippen LogP contribution >= 0.6 is 0 Å². The summed E-state index contributed by atoms with van der Waals surface area (Å²) in [7, 11) is 0. The molecule has 88 valence electrons. The van der Waals surface area contributed by atoms with Gasteiger partial charge in [0.15, 0.2) is 0 Å². The van der Waals surface area contributed by atoms with Gasteiger partial charge in [-0.25, -0.2) is 0 Å². The number of hydrogen-bond acceptors (Lipinski definition) is 2. The first-order valence-electron chi connectivity index (χ1n) is 6.69. The van der Waals surface area contributed by atoms with E-state index < -0.39 is 0 Å². The molecule has 0 aromatic heterocycles. The molecule has 1 saturated heterocycles. The van der Waals surface area contributed by atoms with E-state index in [2.05, 4.69) is 12.2 Å². The van der Waals surface area contributed by atoms with Crippen LogP contribution in [0.25, 0.3) is 0 Å². The zero-order valence-corrected chi connectivity index (χ0v) is 10.1. The van der Waals surface area contributed by atoms with Gasteiger partial charge in [0.2, 0.25) is 0 Å². The lowest BCUT2D eigenvalue weighted by Crippen LogP contribution is -2.45. The Morgan fingerprint density at radius 1 is 1.33 bits per heavy atom. The molecular formula is C13H25NO. The summed E-state index contributed by atoms with van der Waals surface area (Å²) in [5, 5.41) is 3.50. The fourth-order valence-corrected chi connectivity index (χ4v) is 2.90. The summed E-state index contributed by atoms with van der Waals surface area (Å²) in [6.45, 7) is 5.62. The molecule has 1 atom stereocenters. The summed E-state index contributed by atoms with van der Waals surface area (Å²) in [6.07, 6.45) is 9.26. The highest BCUT2D eigenvalue weighted by atomic mass is 16.5. The second kappa shape index (κ2) is 5.31. The molecule has 1 heterocycles. The van der Waals surface area contributed by atoms with E-state index >= 15 is 0 Å². The lowest BCUT2D eigenvalue weighted by Gasteiger charge is -2.47. The van der Waals surface area contributed by atoms with Crippen LogP contribution in [0.4, 0.5) is 0 Å². The molecule has 2 aliphatic rings. The highest BCUT2D eigenvalue weighted by molar-refractivity contribution is 4.93. The first-order chi connectivity index (χ1) is 7.35. The molecule has 0 aromatic rings. The number of hydrogen-bond donors (Lipinski definition) is 1. The van der Waals surface area contributed by atoms with E-state index in [1.54, 1.807) is 0 Å². The predicted molar refractivity (Wildman–Crippen MR) is 63.0 cm³/mol. The van der Waals surface area contributed by atoms with Crippen LogP contribution in [0.1, 0.15) is 51.9 Å². The quantitative estimate of drug-likeness (QED) is 0.706. The molecule has 0 bridgehead atoms. The van der Waals surface area contributed by atoms with Crippen LogP contribution in [0.15, 0.2) is 0 Å². The van der Waals surface area contributed by atoms with E-state index in [-0.39, 0.29) is 0 Å². The Kier molecular flexibility index (Phi) is 4.04. The third kappa shape index (κ3) is 2.94. The van der Waals surface area contributed by atoms with Gasteiger partial charge in [0, 0.05) is 6.61 Å². The summed E-state index contributed by atoms with van der Waals surface area (Å²) in [6, 6.07) is 0. The van der Waals surface area contributed by atoms with Crippen molar-refractivity contribution >= 4 is 0 Å². The van der Waals surface area contributed by atoms with Crippen LogP contribution in [-0.2, 0) is 4.74 Å². The SMILES string of the molecule is CCCNCCC1CCOC2(CCC2)C1. The molecule has 1 unspecified atom stereocenters. The van der Waals surface area contributed by atoms with Gasteiger partial charge in [0.1, 0.15) is 0 Å². The molecule has 1 saturated carbocycles. The molecule has 2 nitrogen and oxygen atoms in total. The first-order valence-corrected chi connectivity index (χ1v) is 6.69. The van der Waals surface area contributed by atoms with Crippen LogP contribution in [0.5, 0.6) is 0 Å². The Balaban J connectivity index is 1.64. The van der Waals surface area contributed by atoms with Gasteiger partial charge >= 0.3 is 0 Å². The summed E-state index contributed by atoms with van der Waals surface area (Å²) in [4.78, 5) is 0. The molecule has 2 rings (SSSR count). The van der Waals surface area contributed by atoms with Crippen molar-refractivity contribution in [3.63, 3.8) is 0 Å². The first kappa shape index (κ1) is 11.4. The van der Waals surface area contributed by atoms with E-state index in [1.807, 2.05) is 0 Å². The van der Waals surface area contributed by atoms with Crippen LogP contribution < -0.4 is 5.32 Å². The van der Waals surface area contributed by atoms with Crippen molar-refractivity contribution in [2.24, 2.45) is 5.92 Å². The Morgan fingerprint density at radius 3 is 2.87 bits per heavy atom. The lowest BCUT2D eigenvalue weighted by molar-refractivity contribution is -0.143. The van der Waals surface area contributed by atoms with Gasteiger partial charge in [-0.3, -0.25) is 0 Å². The Hall–Kier alpha value is -0.0800. The fraction of sp³-hybridized carbons (Fsp3) is 1.00. The van der Waals surface area contributed by atoms with Crippen molar-refractivity contribution in [3.8, 4) is 0 Å². The summed E-state index contributed by atoms with van der Waals surface area (Å²) < 4.78 is 5.94. The molecule has 2 heteroatoms.